The Balaban J connectivity index is 1.90. The highest BCUT2D eigenvalue weighted by atomic mass is 16.5. The molecule has 2 aromatic carbocycles. The Labute approximate surface area is 175 Å². The lowest BCUT2D eigenvalue weighted by molar-refractivity contribution is -0.143. The van der Waals surface area contributed by atoms with E-state index in [1.165, 1.54) is 0 Å². The van der Waals surface area contributed by atoms with E-state index in [2.05, 4.69) is 5.32 Å². The van der Waals surface area contributed by atoms with E-state index in [4.69, 9.17) is 4.74 Å². The lowest BCUT2D eigenvalue weighted by atomic mass is 10.0. The first-order valence-electron chi connectivity index (χ1n) is 9.94. The molecule has 0 bridgehead atoms. The molecule has 0 aliphatic carbocycles. The molecule has 1 atom stereocenters. The van der Waals surface area contributed by atoms with Crippen molar-refractivity contribution in [2.45, 2.75) is 33.2 Å². The monoisotopic (exact) mass is 406 g/mol. The Hall–Kier alpha value is -3.41. The number of hydrogen-bond donors (Lipinski definition) is 1. The second kappa shape index (κ2) is 8.95. The highest BCUT2D eigenvalue weighted by molar-refractivity contribution is 6.45. The van der Waals surface area contributed by atoms with Gasteiger partial charge in [0.1, 0.15) is 0 Å². The van der Waals surface area contributed by atoms with Crippen molar-refractivity contribution in [2.24, 2.45) is 7.05 Å². The maximum atomic E-state index is 13.1. The van der Waals surface area contributed by atoms with Crippen LogP contribution in [0.1, 0.15) is 46.6 Å². The summed E-state index contributed by atoms with van der Waals surface area (Å²) in [6, 6.07) is 14.3. The normalized spacial score (nSPS) is 11.9. The summed E-state index contributed by atoms with van der Waals surface area (Å²) in [7, 11) is 1.86. The Morgan fingerprint density at radius 3 is 2.37 bits per heavy atom. The van der Waals surface area contributed by atoms with Gasteiger partial charge in [0, 0.05) is 23.6 Å². The number of ketones is 1. The number of nitrogens with one attached hydrogen (secondary N) is 1. The predicted molar refractivity (Wildman–Crippen MR) is 115 cm³/mol. The molecule has 1 amide bonds. The zero-order valence-corrected chi connectivity index (χ0v) is 17.7. The molecular weight excluding hydrogens is 380 g/mol. The number of carbonyl (C=O) groups is 3. The van der Waals surface area contributed by atoms with Crippen LogP contribution in [0.5, 0.6) is 0 Å². The van der Waals surface area contributed by atoms with Crippen LogP contribution in [0.2, 0.25) is 0 Å². The molecule has 0 aliphatic heterocycles. The quantitative estimate of drug-likeness (QED) is 0.368. The van der Waals surface area contributed by atoms with E-state index in [0.717, 1.165) is 22.0 Å². The van der Waals surface area contributed by atoms with Crippen molar-refractivity contribution >= 4 is 28.6 Å². The first-order chi connectivity index (χ1) is 14.3. The number of ether oxygens (including phenoxy) is 1. The molecule has 30 heavy (non-hydrogen) atoms. The predicted octanol–water partition coefficient (Wildman–Crippen LogP) is 3.79. The summed E-state index contributed by atoms with van der Waals surface area (Å²) < 4.78 is 6.94. The van der Waals surface area contributed by atoms with E-state index in [-0.39, 0.29) is 13.0 Å². The molecule has 1 aromatic heterocycles. The third-order valence-corrected chi connectivity index (χ3v) is 5.29. The Morgan fingerprint density at radius 1 is 1.03 bits per heavy atom. The second-order valence-electron chi connectivity index (χ2n) is 7.31. The first-order valence-corrected chi connectivity index (χ1v) is 9.94. The fraction of sp³-hybridized carbons (Fsp3) is 0.292. The summed E-state index contributed by atoms with van der Waals surface area (Å²) in [6.07, 6.45) is -0.0512. The number of esters is 1. The molecule has 6 nitrogen and oxygen atoms in total. The van der Waals surface area contributed by atoms with E-state index in [0.29, 0.717) is 11.3 Å². The number of carbonyl (C=O) groups excluding carboxylic acids is 3. The standard InChI is InChI=1S/C24H26N2O4/c1-5-30-21(27)14-19(17-12-10-15(2)11-13-17)25-24(29)23(28)22-16(3)26(4)20-9-7-6-8-18(20)22/h6-13,19H,5,14H2,1-4H3,(H,25,29)/t19-/m1/s1. The van der Waals surface area contributed by atoms with Gasteiger partial charge in [-0.15, -0.1) is 0 Å². The van der Waals surface area contributed by atoms with E-state index in [1.54, 1.807) is 6.92 Å². The minimum atomic E-state index is -0.746. The fourth-order valence-corrected chi connectivity index (χ4v) is 3.58. The molecular formula is C24H26N2O4. The van der Waals surface area contributed by atoms with Crippen molar-refractivity contribution < 1.29 is 19.1 Å². The van der Waals surface area contributed by atoms with E-state index in [9.17, 15) is 14.4 Å². The fourth-order valence-electron chi connectivity index (χ4n) is 3.58. The van der Waals surface area contributed by atoms with Gasteiger partial charge in [0.2, 0.25) is 0 Å². The number of Topliss-reactive ketones (excluding diaryl/α,β-unsaturated/α-hetero) is 1. The zero-order valence-electron chi connectivity index (χ0n) is 17.7. The maximum absolute atomic E-state index is 13.1. The largest absolute Gasteiger partial charge is 0.466 e. The van der Waals surface area contributed by atoms with Crippen molar-refractivity contribution in [3.8, 4) is 0 Å². The van der Waals surface area contributed by atoms with Gasteiger partial charge in [-0.2, -0.15) is 0 Å². The average Bonchev–Trinajstić information content (AvgIpc) is 2.98. The van der Waals surface area contributed by atoms with E-state index >= 15 is 0 Å². The van der Waals surface area contributed by atoms with Gasteiger partial charge in [0.25, 0.3) is 11.7 Å². The van der Waals surface area contributed by atoms with Gasteiger partial charge in [-0.1, -0.05) is 48.0 Å². The van der Waals surface area contributed by atoms with Crippen LogP contribution in [0, 0.1) is 13.8 Å². The number of rotatable bonds is 7. The molecule has 0 saturated heterocycles. The minimum absolute atomic E-state index is 0.0512. The topological polar surface area (TPSA) is 77.4 Å². The van der Waals surface area contributed by atoms with Crippen molar-refractivity contribution in [2.75, 3.05) is 6.61 Å². The van der Waals surface area contributed by atoms with Crippen molar-refractivity contribution in [3.63, 3.8) is 0 Å². The third kappa shape index (κ3) is 4.27. The minimum Gasteiger partial charge on any atom is -0.466 e. The first kappa shape index (κ1) is 21.3. The van der Waals surface area contributed by atoms with Gasteiger partial charge in [0.05, 0.1) is 24.6 Å². The number of para-hydroxylation sites is 1. The molecule has 0 radical (unpaired) electrons. The summed E-state index contributed by atoms with van der Waals surface area (Å²) >= 11 is 0. The molecule has 1 heterocycles. The number of aromatic nitrogens is 1. The van der Waals surface area contributed by atoms with Gasteiger partial charge < -0.3 is 14.6 Å². The lowest BCUT2D eigenvalue weighted by Crippen LogP contribution is -2.36. The molecule has 0 fully saturated rings. The highest BCUT2D eigenvalue weighted by Crippen LogP contribution is 2.26. The number of aryl methyl sites for hydroxylation is 2. The molecule has 6 heteroatoms. The number of benzene rings is 2. The average molecular weight is 406 g/mol. The van der Waals surface area contributed by atoms with Crippen LogP contribution >= 0.6 is 0 Å². The number of fused-ring (bicyclic) bond motifs is 1. The van der Waals surface area contributed by atoms with E-state index in [1.807, 2.05) is 74.0 Å². The van der Waals surface area contributed by atoms with Crippen LogP contribution in [0.25, 0.3) is 10.9 Å². The number of nitrogens with zero attached hydrogens (tertiary/aromatic N) is 1. The van der Waals surface area contributed by atoms with Gasteiger partial charge in [-0.3, -0.25) is 14.4 Å². The highest BCUT2D eigenvalue weighted by Gasteiger charge is 2.27. The molecule has 0 aliphatic rings. The molecule has 0 spiro atoms. The molecule has 0 saturated carbocycles. The van der Waals surface area contributed by atoms with Crippen LogP contribution in [-0.4, -0.2) is 28.8 Å². The Bertz CT molecular complexity index is 1100. The molecule has 1 N–H and O–H groups in total. The summed E-state index contributed by atoms with van der Waals surface area (Å²) in [5.74, 6) is -1.80. The molecule has 0 unspecified atom stereocenters. The Morgan fingerprint density at radius 2 is 1.70 bits per heavy atom. The lowest BCUT2D eigenvalue weighted by Gasteiger charge is -2.18. The van der Waals surface area contributed by atoms with Crippen LogP contribution < -0.4 is 5.32 Å². The summed E-state index contributed by atoms with van der Waals surface area (Å²) in [6.45, 7) is 5.75. The molecule has 3 aromatic rings. The summed E-state index contributed by atoms with van der Waals surface area (Å²) in [5.41, 5.74) is 3.78. The van der Waals surface area contributed by atoms with Crippen molar-refractivity contribution in [1.82, 2.24) is 9.88 Å². The van der Waals surface area contributed by atoms with Crippen LogP contribution in [0.15, 0.2) is 48.5 Å². The van der Waals surface area contributed by atoms with Gasteiger partial charge in [-0.05, 0) is 32.4 Å². The molecule has 3 rings (SSSR count). The van der Waals surface area contributed by atoms with Crippen molar-refractivity contribution in [3.05, 3.63) is 70.9 Å². The van der Waals surface area contributed by atoms with Crippen molar-refractivity contribution in [1.29, 1.82) is 0 Å². The Kier molecular flexibility index (Phi) is 6.35. The SMILES string of the molecule is CCOC(=O)C[C@@H](NC(=O)C(=O)c1c(C)n(C)c2ccccc12)c1ccc(C)cc1. The number of amides is 1. The number of hydrogen-bond acceptors (Lipinski definition) is 4. The zero-order chi connectivity index (χ0) is 21.8. The maximum Gasteiger partial charge on any atom is 0.308 e. The summed E-state index contributed by atoms with van der Waals surface area (Å²) in [4.78, 5) is 38.1. The van der Waals surface area contributed by atoms with Crippen LogP contribution in [0.3, 0.4) is 0 Å². The third-order valence-electron chi connectivity index (χ3n) is 5.29. The van der Waals surface area contributed by atoms with Crippen LogP contribution in [-0.2, 0) is 21.4 Å². The van der Waals surface area contributed by atoms with Gasteiger partial charge in [0.15, 0.2) is 0 Å². The second-order valence-corrected chi connectivity index (χ2v) is 7.31. The smallest absolute Gasteiger partial charge is 0.308 e. The summed E-state index contributed by atoms with van der Waals surface area (Å²) in [5, 5.41) is 3.47. The molecule has 156 valence electrons. The van der Waals surface area contributed by atoms with Gasteiger partial charge >= 0.3 is 5.97 Å². The van der Waals surface area contributed by atoms with Crippen LogP contribution in [0.4, 0.5) is 0 Å². The van der Waals surface area contributed by atoms with E-state index < -0.39 is 23.7 Å². The van der Waals surface area contributed by atoms with Gasteiger partial charge in [-0.25, -0.2) is 0 Å².